The van der Waals surface area contributed by atoms with E-state index in [1.807, 2.05) is 0 Å². The standard InChI is InChI=1S/C20H26F3N3O3S/c1-11-16(2-3-18(25-11)20(21,22)23)30(27,28)17-6-13-4-12(24)5-15(17)26(13)14-7-19(8-14)9-29-10-19/h2-3,12-15,17H,4-10,24H2,1H3. The Hall–Kier alpha value is -1.23. The third kappa shape index (κ3) is 3.10. The van der Waals surface area contributed by atoms with Gasteiger partial charge in [0.1, 0.15) is 5.69 Å². The van der Waals surface area contributed by atoms with E-state index in [1.165, 1.54) is 6.92 Å². The minimum Gasteiger partial charge on any atom is -0.380 e. The van der Waals surface area contributed by atoms with Crippen molar-refractivity contribution in [2.45, 2.75) is 79.5 Å². The van der Waals surface area contributed by atoms with Gasteiger partial charge in [-0.3, -0.25) is 4.90 Å². The average molecular weight is 446 g/mol. The summed E-state index contributed by atoms with van der Waals surface area (Å²) in [6, 6.07) is 2.01. The highest BCUT2D eigenvalue weighted by atomic mass is 32.2. The van der Waals surface area contributed by atoms with E-state index in [0.29, 0.717) is 18.9 Å². The van der Waals surface area contributed by atoms with E-state index >= 15 is 0 Å². The molecule has 0 amide bonds. The molecular weight excluding hydrogens is 419 g/mol. The number of hydrogen-bond donors (Lipinski definition) is 1. The van der Waals surface area contributed by atoms with Gasteiger partial charge in [0.25, 0.3) is 0 Å². The molecule has 4 atom stereocenters. The van der Waals surface area contributed by atoms with Crippen molar-refractivity contribution in [2.24, 2.45) is 11.1 Å². The summed E-state index contributed by atoms with van der Waals surface area (Å²) in [5.74, 6) is 0. The van der Waals surface area contributed by atoms with Gasteiger partial charge in [0.05, 0.1) is 29.1 Å². The van der Waals surface area contributed by atoms with Crippen LogP contribution in [-0.2, 0) is 20.8 Å². The van der Waals surface area contributed by atoms with Crippen LogP contribution in [0, 0.1) is 12.3 Å². The number of sulfone groups is 1. The molecule has 4 unspecified atom stereocenters. The number of hydrogen-bond acceptors (Lipinski definition) is 6. The molecule has 0 radical (unpaired) electrons. The van der Waals surface area contributed by atoms with Gasteiger partial charge >= 0.3 is 6.18 Å². The van der Waals surface area contributed by atoms with Crippen LogP contribution in [0.25, 0.3) is 0 Å². The first-order valence-electron chi connectivity index (χ1n) is 10.4. The number of nitrogens with zero attached hydrogens (tertiary/aromatic N) is 2. The largest absolute Gasteiger partial charge is 0.433 e. The molecule has 4 heterocycles. The lowest BCUT2D eigenvalue weighted by atomic mass is 9.63. The fourth-order valence-electron chi connectivity index (χ4n) is 6.11. The molecule has 10 heteroatoms. The first kappa shape index (κ1) is 20.7. The highest BCUT2D eigenvalue weighted by molar-refractivity contribution is 7.92. The zero-order chi connectivity index (χ0) is 21.5. The van der Waals surface area contributed by atoms with Gasteiger partial charge in [-0.2, -0.15) is 13.2 Å². The second-order valence-electron chi connectivity index (χ2n) is 9.55. The summed E-state index contributed by atoms with van der Waals surface area (Å²) in [6.45, 7) is 2.90. The number of pyridine rings is 1. The van der Waals surface area contributed by atoms with E-state index in [4.69, 9.17) is 10.5 Å². The molecule has 1 aliphatic carbocycles. The number of fused-ring (bicyclic) bond motifs is 2. The molecule has 1 spiro atoms. The van der Waals surface area contributed by atoms with Crippen molar-refractivity contribution in [3.8, 4) is 0 Å². The van der Waals surface area contributed by atoms with Gasteiger partial charge < -0.3 is 10.5 Å². The minimum atomic E-state index is -4.61. The van der Waals surface area contributed by atoms with Gasteiger partial charge in [0.15, 0.2) is 9.84 Å². The fourth-order valence-corrected chi connectivity index (χ4v) is 8.29. The van der Waals surface area contributed by atoms with Crippen molar-refractivity contribution in [1.29, 1.82) is 0 Å². The number of ether oxygens (including phenoxy) is 1. The summed E-state index contributed by atoms with van der Waals surface area (Å²) in [5, 5.41) is -0.664. The van der Waals surface area contributed by atoms with Crippen LogP contribution in [0.3, 0.4) is 0 Å². The number of piperidine rings is 1. The molecule has 5 rings (SSSR count). The molecule has 30 heavy (non-hydrogen) atoms. The van der Waals surface area contributed by atoms with Gasteiger partial charge in [-0.15, -0.1) is 0 Å². The monoisotopic (exact) mass is 445 g/mol. The lowest BCUT2D eigenvalue weighted by Crippen LogP contribution is -2.64. The Morgan fingerprint density at radius 1 is 1.17 bits per heavy atom. The Morgan fingerprint density at radius 3 is 2.43 bits per heavy atom. The Morgan fingerprint density at radius 2 is 1.87 bits per heavy atom. The molecule has 2 bridgehead atoms. The zero-order valence-corrected chi connectivity index (χ0v) is 17.5. The summed E-state index contributed by atoms with van der Waals surface area (Å²) in [5.41, 5.74) is 5.33. The predicted octanol–water partition coefficient (Wildman–Crippen LogP) is 2.29. The van der Waals surface area contributed by atoms with Crippen LogP contribution in [0.1, 0.15) is 43.5 Å². The number of aromatic nitrogens is 1. The molecule has 1 aromatic rings. The van der Waals surface area contributed by atoms with Crippen LogP contribution >= 0.6 is 0 Å². The van der Waals surface area contributed by atoms with Crippen molar-refractivity contribution in [3.05, 3.63) is 23.5 Å². The lowest BCUT2D eigenvalue weighted by Gasteiger charge is -2.58. The second kappa shape index (κ2) is 6.63. The molecule has 4 fully saturated rings. The van der Waals surface area contributed by atoms with E-state index in [1.54, 1.807) is 0 Å². The zero-order valence-electron chi connectivity index (χ0n) is 16.7. The molecule has 1 aromatic heterocycles. The molecule has 3 aliphatic heterocycles. The van der Waals surface area contributed by atoms with E-state index < -0.39 is 27.0 Å². The van der Waals surface area contributed by atoms with Crippen molar-refractivity contribution < 1.29 is 26.3 Å². The number of aryl methyl sites for hydroxylation is 1. The van der Waals surface area contributed by atoms with Crippen molar-refractivity contribution in [2.75, 3.05) is 13.2 Å². The maximum Gasteiger partial charge on any atom is 0.433 e. The number of halogens is 3. The number of nitrogens with two attached hydrogens (primary N) is 1. The van der Waals surface area contributed by atoms with Gasteiger partial charge in [-0.25, -0.2) is 13.4 Å². The normalized spacial score (nSPS) is 34.0. The van der Waals surface area contributed by atoms with Crippen molar-refractivity contribution in [1.82, 2.24) is 9.88 Å². The Bertz CT molecular complexity index is 956. The van der Waals surface area contributed by atoms with E-state index in [0.717, 1.165) is 44.6 Å². The van der Waals surface area contributed by atoms with Gasteiger partial charge in [0.2, 0.25) is 0 Å². The number of alkyl halides is 3. The molecule has 3 saturated heterocycles. The fraction of sp³-hybridized carbons (Fsp3) is 0.750. The molecule has 6 nitrogen and oxygen atoms in total. The van der Waals surface area contributed by atoms with Gasteiger partial charge in [-0.1, -0.05) is 0 Å². The molecule has 1 saturated carbocycles. The van der Waals surface area contributed by atoms with E-state index in [2.05, 4.69) is 9.88 Å². The molecular formula is C20H26F3N3O3S. The Labute approximate surface area is 173 Å². The number of rotatable bonds is 3. The van der Waals surface area contributed by atoms with Gasteiger partial charge in [0, 0.05) is 29.6 Å². The summed E-state index contributed by atoms with van der Waals surface area (Å²) in [4.78, 5) is 5.81. The summed E-state index contributed by atoms with van der Waals surface area (Å²) in [6.07, 6.45) is -0.751. The highest BCUT2D eigenvalue weighted by Crippen LogP contribution is 2.53. The van der Waals surface area contributed by atoms with Gasteiger partial charge in [-0.05, 0) is 51.2 Å². The van der Waals surface area contributed by atoms with Crippen LogP contribution in [-0.4, -0.2) is 60.9 Å². The lowest BCUT2D eigenvalue weighted by molar-refractivity contribution is -0.191. The van der Waals surface area contributed by atoms with E-state index in [9.17, 15) is 21.6 Å². The Kier molecular flexibility index (Phi) is 4.57. The third-order valence-electron chi connectivity index (χ3n) is 7.47. The first-order chi connectivity index (χ1) is 14.0. The minimum absolute atomic E-state index is 0.0515. The van der Waals surface area contributed by atoms with Crippen LogP contribution in [0.4, 0.5) is 13.2 Å². The maximum atomic E-state index is 13.5. The topological polar surface area (TPSA) is 85.5 Å². The molecule has 166 valence electrons. The third-order valence-corrected chi connectivity index (χ3v) is 9.81. The second-order valence-corrected chi connectivity index (χ2v) is 11.7. The highest BCUT2D eigenvalue weighted by Gasteiger charge is 2.59. The van der Waals surface area contributed by atoms with Crippen LogP contribution in [0.2, 0.25) is 0 Å². The van der Waals surface area contributed by atoms with Crippen molar-refractivity contribution >= 4 is 9.84 Å². The smallest absolute Gasteiger partial charge is 0.380 e. The maximum absolute atomic E-state index is 13.5. The predicted molar refractivity (Wildman–Crippen MR) is 102 cm³/mol. The molecule has 4 aliphatic rings. The summed E-state index contributed by atoms with van der Waals surface area (Å²) >= 11 is 0. The average Bonchev–Trinajstić information content (AvgIpc) is 2.80. The summed E-state index contributed by atoms with van der Waals surface area (Å²) in [7, 11) is -3.83. The van der Waals surface area contributed by atoms with Crippen LogP contribution in [0.5, 0.6) is 0 Å². The SMILES string of the molecule is Cc1nc(C(F)(F)F)ccc1S(=O)(=O)C1CC2CC(N)CC1N2C1CC2(COC2)C1. The molecule has 0 aromatic carbocycles. The molecule has 2 N–H and O–H groups in total. The van der Waals surface area contributed by atoms with E-state index in [-0.39, 0.29) is 34.1 Å². The van der Waals surface area contributed by atoms with Crippen LogP contribution in [0.15, 0.2) is 17.0 Å². The first-order valence-corrected chi connectivity index (χ1v) is 11.9. The van der Waals surface area contributed by atoms with Crippen LogP contribution < -0.4 is 5.73 Å². The van der Waals surface area contributed by atoms with Crippen molar-refractivity contribution in [3.63, 3.8) is 0 Å². The quantitative estimate of drug-likeness (QED) is 0.769. The Balaban J connectivity index is 1.43. The summed E-state index contributed by atoms with van der Waals surface area (Å²) < 4.78 is 71.3.